The van der Waals surface area contributed by atoms with E-state index in [0.29, 0.717) is 11.7 Å². The first kappa shape index (κ1) is 9.21. The molecule has 2 N–H and O–H groups in total. The van der Waals surface area contributed by atoms with E-state index in [4.69, 9.17) is 9.52 Å². The summed E-state index contributed by atoms with van der Waals surface area (Å²) in [6.07, 6.45) is 2.04. The van der Waals surface area contributed by atoms with E-state index < -0.39 is 5.97 Å². The van der Waals surface area contributed by atoms with E-state index in [9.17, 15) is 4.79 Å². The molecule has 0 bridgehead atoms. The molecule has 5 nitrogen and oxygen atoms in total. The number of hydrogen-bond acceptors (Lipinski definition) is 4. The summed E-state index contributed by atoms with van der Waals surface area (Å²) in [5.74, 6) is -0.158. The van der Waals surface area contributed by atoms with E-state index in [1.165, 1.54) is 0 Å². The number of rotatable bonds is 2. The lowest BCUT2D eigenvalue weighted by Gasteiger charge is -2.02. The second-order valence-electron chi connectivity index (χ2n) is 3.41. The van der Waals surface area contributed by atoms with E-state index in [-0.39, 0.29) is 11.7 Å². The number of carboxylic acid groups (broad SMARTS) is 1. The molecule has 0 saturated carbocycles. The van der Waals surface area contributed by atoms with Crippen molar-refractivity contribution >= 4 is 5.97 Å². The third-order valence-corrected chi connectivity index (χ3v) is 2.37. The molecule has 0 aliphatic carbocycles. The summed E-state index contributed by atoms with van der Waals surface area (Å²) >= 11 is 0. The van der Waals surface area contributed by atoms with Crippen molar-refractivity contribution < 1.29 is 14.3 Å². The van der Waals surface area contributed by atoms with Crippen molar-refractivity contribution in [1.29, 1.82) is 0 Å². The third-order valence-electron chi connectivity index (χ3n) is 2.37. The normalized spacial score (nSPS) is 21.4. The number of carbonyl (C=O) groups is 1. The van der Waals surface area contributed by atoms with Gasteiger partial charge in [0.15, 0.2) is 5.69 Å². The van der Waals surface area contributed by atoms with Gasteiger partial charge in [0.05, 0.1) is 6.04 Å². The van der Waals surface area contributed by atoms with Crippen molar-refractivity contribution in [1.82, 2.24) is 10.3 Å². The van der Waals surface area contributed by atoms with Crippen LogP contribution in [0.25, 0.3) is 0 Å². The number of oxazole rings is 1. The molecule has 0 radical (unpaired) electrons. The molecule has 5 heteroatoms. The molecular formula is C9H12N2O3. The minimum absolute atomic E-state index is 0.0219. The molecule has 1 aromatic rings. The van der Waals surface area contributed by atoms with Gasteiger partial charge in [-0.3, -0.25) is 0 Å². The van der Waals surface area contributed by atoms with Gasteiger partial charge in [-0.25, -0.2) is 9.78 Å². The van der Waals surface area contributed by atoms with Gasteiger partial charge in [-0.1, -0.05) is 0 Å². The zero-order valence-electron chi connectivity index (χ0n) is 7.91. The maximum atomic E-state index is 10.7. The lowest BCUT2D eigenvalue weighted by Crippen LogP contribution is -2.13. The van der Waals surface area contributed by atoms with Gasteiger partial charge in [-0.2, -0.15) is 0 Å². The topological polar surface area (TPSA) is 75.4 Å². The summed E-state index contributed by atoms with van der Waals surface area (Å²) in [7, 11) is 0. The van der Waals surface area contributed by atoms with E-state index in [2.05, 4.69) is 10.3 Å². The second-order valence-corrected chi connectivity index (χ2v) is 3.41. The summed E-state index contributed by atoms with van der Waals surface area (Å²) < 4.78 is 5.31. The Morgan fingerprint density at radius 1 is 1.71 bits per heavy atom. The number of hydrogen-bond donors (Lipinski definition) is 2. The first-order valence-electron chi connectivity index (χ1n) is 4.62. The van der Waals surface area contributed by atoms with E-state index in [1.807, 2.05) is 0 Å². The lowest BCUT2D eigenvalue weighted by molar-refractivity contribution is 0.0689. The Morgan fingerprint density at radius 2 is 2.50 bits per heavy atom. The highest BCUT2D eigenvalue weighted by Crippen LogP contribution is 2.24. The first-order valence-corrected chi connectivity index (χ1v) is 4.62. The lowest BCUT2D eigenvalue weighted by atomic mass is 10.2. The fourth-order valence-electron chi connectivity index (χ4n) is 1.66. The van der Waals surface area contributed by atoms with Crippen LogP contribution < -0.4 is 5.32 Å². The number of nitrogens with one attached hydrogen (secondary N) is 1. The van der Waals surface area contributed by atoms with Crippen LogP contribution in [0.1, 0.15) is 41.0 Å². The zero-order valence-corrected chi connectivity index (χ0v) is 7.91. The fourth-order valence-corrected chi connectivity index (χ4v) is 1.66. The number of aryl methyl sites for hydroxylation is 1. The predicted octanol–water partition coefficient (Wildman–Crippen LogP) is 1.11. The molecule has 1 atom stereocenters. The molecule has 2 heterocycles. The number of carboxylic acids is 1. The van der Waals surface area contributed by atoms with Crippen molar-refractivity contribution in [3.05, 3.63) is 17.3 Å². The third kappa shape index (κ3) is 1.50. The molecular weight excluding hydrogens is 184 g/mol. The smallest absolute Gasteiger partial charge is 0.358 e. The average Bonchev–Trinajstić information content (AvgIpc) is 2.70. The van der Waals surface area contributed by atoms with Gasteiger partial charge < -0.3 is 14.8 Å². The summed E-state index contributed by atoms with van der Waals surface area (Å²) in [5, 5.41) is 12.0. The maximum absolute atomic E-state index is 10.7. The van der Waals surface area contributed by atoms with Crippen LogP contribution in [0.5, 0.6) is 0 Å². The molecule has 1 fully saturated rings. The molecule has 1 unspecified atom stereocenters. The minimum atomic E-state index is -1.03. The minimum Gasteiger partial charge on any atom is -0.476 e. The van der Waals surface area contributed by atoms with Crippen LogP contribution in [-0.4, -0.2) is 22.6 Å². The molecule has 0 amide bonds. The molecule has 76 valence electrons. The van der Waals surface area contributed by atoms with E-state index >= 15 is 0 Å². The molecule has 1 saturated heterocycles. The van der Waals surface area contributed by atoms with Gasteiger partial charge >= 0.3 is 5.97 Å². The van der Waals surface area contributed by atoms with Crippen LogP contribution in [0.15, 0.2) is 4.42 Å². The van der Waals surface area contributed by atoms with Crippen LogP contribution in [0.4, 0.5) is 0 Å². The highest BCUT2D eigenvalue weighted by atomic mass is 16.4. The predicted molar refractivity (Wildman–Crippen MR) is 48.2 cm³/mol. The molecule has 2 rings (SSSR count). The Kier molecular flexibility index (Phi) is 2.25. The number of nitrogens with zero attached hydrogens (tertiary/aromatic N) is 1. The van der Waals surface area contributed by atoms with E-state index in [1.54, 1.807) is 6.92 Å². The van der Waals surface area contributed by atoms with Crippen molar-refractivity contribution in [2.24, 2.45) is 0 Å². The van der Waals surface area contributed by atoms with Gasteiger partial charge in [-0.15, -0.1) is 0 Å². The standard InChI is InChI=1S/C9H12N2O3/c1-5-7(9(12)13)11-8(14-5)6-3-2-4-10-6/h6,10H,2-4H2,1H3,(H,12,13). The first-order chi connectivity index (χ1) is 6.68. The van der Waals surface area contributed by atoms with Gasteiger partial charge in [0.2, 0.25) is 5.89 Å². The summed E-state index contributed by atoms with van der Waals surface area (Å²) in [5.41, 5.74) is 0.0219. The van der Waals surface area contributed by atoms with Gasteiger partial charge in [0, 0.05) is 0 Å². The van der Waals surface area contributed by atoms with Crippen molar-refractivity contribution in [2.45, 2.75) is 25.8 Å². The summed E-state index contributed by atoms with van der Waals surface area (Å²) in [6.45, 7) is 2.56. The molecule has 1 aliphatic rings. The second kappa shape index (κ2) is 3.42. The number of aromatic nitrogens is 1. The zero-order chi connectivity index (χ0) is 10.1. The monoisotopic (exact) mass is 196 g/mol. The molecule has 0 aromatic carbocycles. The quantitative estimate of drug-likeness (QED) is 0.740. The Balaban J connectivity index is 2.27. The van der Waals surface area contributed by atoms with Crippen LogP contribution in [0.3, 0.4) is 0 Å². The van der Waals surface area contributed by atoms with Crippen LogP contribution in [0, 0.1) is 6.92 Å². The SMILES string of the molecule is Cc1oc(C2CCCN2)nc1C(=O)O. The highest BCUT2D eigenvalue weighted by molar-refractivity contribution is 5.86. The Bertz CT molecular complexity index is 353. The van der Waals surface area contributed by atoms with Gasteiger partial charge in [0.25, 0.3) is 0 Å². The molecule has 1 aromatic heterocycles. The number of aromatic carboxylic acids is 1. The highest BCUT2D eigenvalue weighted by Gasteiger charge is 2.24. The van der Waals surface area contributed by atoms with Gasteiger partial charge in [0.1, 0.15) is 5.76 Å². The Labute approximate surface area is 81.1 Å². The van der Waals surface area contributed by atoms with Crippen molar-refractivity contribution in [3.8, 4) is 0 Å². The van der Waals surface area contributed by atoms with E-state index in [0.717, 1.165) is 19.4 Å². The molecule has 1 aliphatic heterocycles. The molecule has 0 spiro atoms. The van der Waals surface area contributed by atoms with Crippen LogP contribution >= 0.6 is 0 Å². The van der Waals surface area contributed by atoms with Gasteiger partial charge in [-0.05, 0) is 26.3 Å². The van der Waals surface area contributed by atoms with Crippen molar-refractivity contribution in [2.75, 3.05) is 6.54 Å². The largest absolute Gasteiger partial charge is 0.476 e. The average molecular weight is 196 g/mol. The molecule has 14 heavy (non-hydrogen) atoms. The maximum Gasteiger partial charge on any atom is 0.358 e. The van der Waals surface area contributed by atoms with Crippen LogP contribution in [-0.2, 0) is 0 Å². The fraction of sp³-hybridized carbons (Fsp3) is 0.556. The van der Waals surface area contributed by atoms with Crippen LogP contribution in [0.2, 0.25) is 0 Å². The Hall–Kier alpha value is -1.36. The van der Waals surface area contributed by atoms with Crippen molar-refractivity contribution in [3.63, 3.8) is 0 Å². The summed E-state index contributed by atoms with van der Waals surface area (Å²) in [4.78, 5) is 14.7. The Morgan fingerprint density at radius 3 is 3.00 bits per heavy atom. The summed E-state index contributed by atoms with van der Waals surface area (Å²) in [6, 6.07) is 0.0850.